The zero-order chi connectivity index (χ0) is 17.0. The third kappa shape index (κ3) is 8.52. The van der Waals surface area contributed by atoms with Gasteiger partial charge in [-0.2, -0.15) is 0 Å². The van der Waals surface area contributed by atoms with Gasteiger partial charge < -0.3 is 0 Å². The van der Waals surface area contributed by atoms with Gasteiger partial charge in [0.25, 0.3) is 0 Å². The summed E-state index contributed by atoms with van der Waals surface area (Å²) in [6, 6.07) is 7.24. The zero-order valence-corrected chi connectivity index (χ0v) is 15.6. The summed E-state index contributed by atoms with van der Waals surface area (Å²) in [5.41, 5.74) is 1.19. The molecule has 0 aromatic heterocycles. The number of nitrogens with one attached hydrogen (secondary N) is 1. The second-order valence-corrected chi connectivity index (χ2v) is 8.03. The van der Waals surface area contributed by atoms with E-state index in [1.165, 1.54) is 44.1 Å². The minimum absolute atomic E-state index is 0.372. The SMILES string of the molecule is CCCCCCCCCCNS(=O)(=O)c1ccc(CCC)cc1. The molecule has 1 rings (SSSR count). The fourth-order valence-electron chi connectivity index (χ4n) is 2.67. The van der Waals surface area contributed by atoms with Crippen molar-refractivity contribution in [2.75, 3.05) is 6.54 Å². The molecular formula is C19H33NO2S. The van der Waals surface area contributed by atoms with Crippen molar-refractivity contribution in [1.29, 1.82) is 0 Å². The van der Waals surface area contributed by atoms with Gasteiger partial charge in [-0.1, -0.05) is 77.3 Å². The zero-order valence-electron chi connectivity index (χ0n) is 14.8. The van der Waals surface area contributed by atoms with Crippen LogP contribution in [0.1, 0.15) is 77.2 Å². The lowest BCUT2D eigenvalue weighted by Gasteiger charge is -2.08. The molecule has 0 bridgehead atoms. The molecule has 132 valence electrons. The lowest BCUT2D eigenvalue weighted by atomic mass is 10.1. The fourth-order valence-corrected chi connectivity index (χ4v) is 3.75. The highest BCUT2D eigenvalue weighted by Gasteiger charge is 2.12. The van der Waals surface area contributed by atoms with E-state index >= 15 is 0 Å². The van der Waals surface area contributed by atoms with Gasteiger partial charge in [0.1, 0.15) is 0 Å². The Morgan fingerprint density at radius 1 is 0.783 bits per heavy atom. The van der Waals surface area contributed by atoms with E-state index in [1.54, 1.807) is 12.1 Å². The second-order valence-electron chi connectivity index (χ2n) is 6.27. The molecule has 0 saturated carbocycles. The first-order valence-electron chi connectivity index (χ1n) is 9.18. The molecule has 0 saturated heterocycles. The summed E-state index contributed by atoms with van der Waals surface area (Å²) in [5, 5.41) is 0. The van der Waals surface area contributed by atoms with Crippen LogP contribution in [-0.2, 0) is 16.4 Å². The molecule has 0 fully saturated rings. The van der Waals surface area contributed by atoms with E-state index in [9.17, 15) is 8.42 Å². The van der Waals surface area contributed by atoms with Crippen molar-refractivity contribution < 1.29 is 8.42 Å². The molecule has 23 heavy (non-hydrogen) atoms. The third-order valence-corrected chi connectivity index (χ3v) is 5.57. The molecule has 0 aliphatic rings. The van der Waals surface area contributed by atoms with Crippen LogP contribution in [0, 0.1) is 0 Å². The van der Waals surface area contributed by atoms with Crippen molar-refractivity contribution >= 4 is 10.0 Å². The lowest BCUT2D eigenvalue weighted by Crippen LogP contribution is -2.24. The standard InChI is InChI=1S/C19H33NO2S/c1-3-5-6-7-8-9-10-11-17-20-23(21,22)19-15-13-18(12-4-2)14-16-19/h13-16,20H,3-12,17H2,1-2H3. The number of unbranched alkanes of at least 4 members (excludes halogenated alkanes) is 7. The molecule has 0 amide bonds. The Morgan fingerprint density at radius 2 is 1.35 bits per heavy atom. The lowest BCUT2D eigenvalue weighted by molar-refractivity contribution is 0.559. The second kappa shape index (κ2) is 11.6. The molecular weight excluding hydrogens is 306 g/mol. The topological polar surface area (TPSA) is 46.2 Å². The van der Waals surface area contributed by atoms with Crippen LogP contribution in [0.2, 0.25) is 0 Å². The molecule has 0 aliphatic heterocycles. The Balaban J connectivity index is 2.22. The van der Waals surface area contributed by atoms with E-state index in [-0.39, 0.29) is 0 Å². The maximum atomic E-state index is 12.2. The Morgan fingerprint density at radius 3 is 1.91 bits per heavy atom. The molecule has 0 unspecified atom stereocenters. The smallest absolute Gasteiger partial charge is 0.211 e. The normalized spacial score (nSPS) is 11.7. The predicted octanol–water partition coefficient (Wildman–Crippen LogP) is 5.06. The molecule has 1 aromatic carbocycles. The van der Waals surface area contributed by atoms with Crippen molar-refractivity contribution in [1.82, 2.24) is 4.72 Å². The van der Waals surface area contributed by atoms with Gasteiger partial charge in [0, 0.05) is 6.54 Å². The van der Waals surface area contributed by atoms with Gasteiger partial charge in [-0.05, 0) is 30.5 Å². The van der Waals surface area contributed by atoms with E-state index in [1.807, 2.05) is 12.1 Å². The molecule has 0 spiro atoms. The van der Waals surface area contributed by atoms with Crippen LogP contribution in [0.4, 0.5) is 0 Å². The van der Waals surface area contributed by atoms with E-state index in [0.29, 0.717) is 11.4 Å². The van der Waals surface area contributed by atoms with Gasteiger partial charge in [0.15, 0.2) is 0 Å². The van der Waals surface area contributed by atoms with Crippen LogP contribution in [0.3, 0.4) is 0 Å². The largest absolute Gasteiger partial charge is 0.240 e. The fraction of sp³-hybridized carbons (Fsp3) is 0.684. The monoisotopic (exact) mass is 339 g/mol. The van der Waals surface area contributed by atoms with Gasteiger partial charge >= 0.3 is 0 Å². The summed E-state index contributed by atoms with van der Waals surface area (Å²) in [5.74, 6) is 0. The number of hydrogen-bond donors (Lipinski definition) is 1. The van der Waals surface area contributed by atoms with E-state index in [4.69, 9.17) is 0 Å². The average molecular weight is 340 g/mol. The predicted molar refractivity (Wildman–Crippen MR) is 98.2 cm³/mol. The highest BCUT2D eigenvalue weighted by Crippen LogP contribution is 2.12. The number of rotatable bonds is 13. The summed E-state index contributed by atoms with van der Waals surface area (Å²) >= 11 is 0. The van der Waals surface area contributed by atoms with E-state index < -0.39 is 10.0 Å². The van der Waals surface area contributed by atoms with Crippen LogP contribution < -0.4 is 4.72 Å². The molecule has 0 radical (unpaired) electrons. The van der Waals surface area contributed by atoms with Crippen LogP contribution in [0.15, 0.2) is 29.2 Å². The first-order chi connectivity index (χ1) is 11.1. The first kappa shape index (κ1) is 20.2. The first-order valence-corrected chi connectivity index (χ1v) is 10.7. The van der Waals surface area contributed by atoms with Gasteiger partial charge in [-0.25, -0.2) is 13.1 Å². The quantitative estimate of drug-likeness (QED) is 0.511. The van der Waals surface area contributed by atoms with Crippen molar-refractivity contribution in [3.8, 4) is 0 Å². The molecule has 4 heteroatoms. The van der Waals surface area contributed by atoms with Crippen molar-refractivity contribution in [3.63, 3.8) is 0 Å². The summed E-state index contributed by atoms with van der Waals surface area (Å²) in [7, 11) is -3.35. The molecule has 0 heterocycles. The Kier molecular flexibility index (Phi) is 10.2. The Bertz CT molecular complexity index is 509. The summed E-state index contributed by atoms with van der Waals surface area (Å²) in [6.45, 7) is 4.88. The molecule has 0 atom stereocenters. The highest BCUT2D eigenvalue weighted by atomic mass is 32.2. The minimum Gasteiger partial charge on any atom is -0.211 e. The van der Waals surface area contributed by atoms with Gasteiger partial charge in [0.2, 0.25) is 10.0 Å². The minimum atomic E-state index is -3.35. The maximum Gasteiger partial charge on any atom is 0.240 e. The van der Waals surface area contributed by atoms with E-state index in [2.05, 4.69) is 18.6 Å². The van der Waals surface area contributed by atoms with Crippen LogP contribution in [0.25, 0.3) is 0 Å². The summed E-state index contributed by atoms with van der Waals surface area (Å²) < 4.78 is 27.1. The average Bonchev–Trinajstić information content (AvgIpc) is 2.54. The highest BCUT2D eigenvalue weighted by molar-refractivity contribution is 7.89. The van der Waals surface area contributed by atoms with Crippen molar-refractivity contribution in [2.24, 2.45) is 0 Å². The number of aryl methyl sites for hydroxylation is 1. The van der Waals surface area contributed by atoms with Gasteiger partial charge in [-0.15, -0.1) is 0 Å². The number of benzene rings is 1. The van der Waals surface area contributed by atoms with Gasteiger partial charge in [-0.3, -0.25) is 0 Å². The Labute approximate surface area is 142 Å². The van der Waals surface area contributed by atoms with Crippen LogP contribution in [0.5, 0.6) is 0 Å². The van der Waals surface area contributed by atoms with Crippen LogP contribution in [-0.4, -0.2) is 15.0 Å². The van der Waals surface area contributed by atoms with E-state index in [0.717, 1.165) is 25.7 Å². The van der Waals surface area contributed by atoms with Crippen molar-refractivity contribution in [3.05, 3.63) is 29.8 Å². The molecule has 0 aliphatic carbocycles. The number of sulfonamides is 1. The number of hydrogen-bond acceptors (Lipinski definition) is 2. The molecule has 1 aromatic rings. The van der Waals surface area contributed by atoms with Crippen molar-refractivity contribution in [2.45, 2.75) is 83.0 Å². The third-order valence-electron chi connectivity index (χ3n) is 4.09. The molecule has 3 nitrogen and oxygen atoms in total. The maximum absolute atomic E-state index is 12.2. The molecule has 1 N–H and O–H groups in total. The summed E-state index contributed by atoms with van der Waals surface area (Å²) in [4.78, 5) is 0.372. The van der Waals surface area contributed by atoms with Crippen LogP contribution >= 0.6 is 0 Å². The summed E-state index contributed by atoms with van der Waals surface area (Å²) in [6.07, 6.45) is 11.8. The Hall–Kier alpha value is -0.870. The van der Waals surface area contributed by atoms with Gasteiger partial charge in [0.05, 0.1) is 4.90 Å².